The maximum Gasteiger partial charge on any atom is 0.227 e. The van der Waals surface area contributed by atoms with E-state index in [2.05, 4.69) is 20.8 Å². The average molecular weight is 489 g/mol. The van der Waals surface area contributed by atoms with Crippen molar-refractivity contribution in [2.24, 2.45) is 0 Å². The molecule has 0 bridgehead atoms. The van der Waals surface area contributed by atoms with Crippen LogP contribution in [0.3, 0.4) is 0 Å². The first-order chi connectivity index (χ1) is 16.8. The van der Waals surface area contributed by atoms with Crippen LogP contribution in [-0.4, -0.2) is 43.3 Å². The Bertz CT molecular complexity index is 988. The van der Waals surface area contributed by atoms with E-state index < -0.39 is 5.54 Å². The second-order valence-corrected chi connectivity index (χ2v) is 8.94. The topological polar surface area (TPSA) is 125 Å². The Morgan fingerprint density at radius 1 is 1.06 bits per heavy atom. The van der Waals surface area contributed by atoms with E-state index in [0.29, 0.717) is 35.4 Å². The lowest BCUT2D eigenvalue weighted by molar-refractivity contribution is -0.122. The minimum absolute atomic E-state index is 0.113. The Balaban J connectivity index is 1.64. The molecule has 2 aromatic rings. The molecule has 35 heavy (non-hydrogen) atoms. The largest absolute Gasteiger partial charge is 0.493 e. The molecule has 1 atom stereocenters. The molecule has 1 heterocycles. The predicted molar refractivity (Wildman–Crippen MR) is 128 cm³/mol. The Morgan fingerprint density at radius 2 is 1.69 bits per heavy atom. The molecule has 1 aliphatic carbocycles. The molecule has 10 nitrogen and oxygen atoms in total. The zero-order valence-electron chi connectivity index (χ0n) is 21.2. The van der Waals surface area contributed by atoms with Crippen molar-refractivity contribution in [2.45, 2.75) is 76.8 Å². The van der Waals surface area contributed by atoms with E-state index in [-0.39, 0.29) is 24.3 Å². The first-order valence-electron chi connectivity index (χ1n) is 12.0. The Hall–Kier alpha value is -3.30. The third-order valence-electron chi connectivity index (χ3n) is 6.40. The number of nitrogens with one attached hydrogen (secondary N) is 2. The summed E-state index contributed by atoms with van der Waals surface area (Å²) in [4.78, 5) is 29.1. The molecule has 0 spiro atoms. The molecule has 0 aliphatic heterocycles. The molecule has 10 heteroatoms. The minimum Gasteiger partial charge on any atom is -0.493 e. The van der Waals surface area contributed by atoms with Crippen LogP contribution in [0.1, 0.15) is 82.1 Å². The van der Waals surface area contributed by atoms with Crippen LogP contribution in [0.25, 0.3) is 0 Å². The molecule has 1 aromatic carbocycles. The van der Waals surface area contributed by atoms with E-state index in [9.17, 15) is 9.59 Å². The van der Waals surface area contributed by atoms with Gasteiger partial charge in [-0.3, -0.25) is 9.59 Å². The number of aromatic nitrogens is 2. The summed E-state index contributed by atoms with van der Waals surface area (Å²) in [5.74, 6) is 2.15. The van der Waals surface area contributed by atoms with Gasteiger partial charge in [0.15, 0.2) is 17.3 Å². The summed E-state index contributed by atoms with van der Waals surface area (Å²) in [5, 5.41) is 10.2. The summed E-state index contributed by atoms with van der Waals surface area (Å²) in [6.07, 6.45) is 6.26. The highest BCUT2D eigenvalue weighted by Crippen LogP contribution is 2.39. The van der Waals surface area contributed by atoms with Gasteiger partial charge in [0.1, 0.15) is 5.54 Å². The van der Waals surface area contributed by atoms with Gasteiger partial charge < -0.3 is 29.4 Å². The van der Waals surface area contributed by atoms with Crippen molar-refractivity contribution in [2.75, 3.05) is 21.3 Å². The summed E-state index contributed by atoms with van der Waals surface area (Å²) < 4.78 is 21.6. The quantitative estimate of drug-likeness (QED) is 0.486. The van der Waals surface area contributed by atoms with Crippen LogP contribution in [0, 0.1) is 0 Å². The molecule has 1 aromatic heterocycles. The van der Waals surface area contributed by atoms with Gasteiger partial charge in [0.2, 0.25) is 23.5 Å². The number of nitrogens with zero attached hydrogens (tertiary/aromatic N) is 2. The van der Waals surface area contributed by atoms with E-state index in [4.69, 9.17) is 18.7 Å². The van der Waals surface area contributed by atoms with Crippen molar-refractivity contribution in [3.05, 3.63) is 29.4 Å². The Labute approximate surface area is 206 Å². The summed E-state index contributed by atoms with van der Waals surface area (Å²) in [6, 6.07) is 3.33. The summed E-state index contributed by atoms with van der Waals surface area (Å²) >= 11 is 0. The predicted octanol–water partition coefficient (Wildman–Crippen LogP) is 3.59. The van der Waals surface area contributed by atoms with E-state index >= 15 is 0 Å². The van der Waals surface area contributed by atoms with Crippen LogP contribution in [0.5, 0.6) is 17.2 Å². The van der Waals surface area contributed by atoms with E-state index in [0.717, 1.165) is 44.1 Å². The van der Waals surface area contributed by atoms with Crippen LogP contribution in [0.15, 0.2) is 16.7 Å². The van der Waals surface area contributed by atoms with Gasteiger partial charge in [-0.25, -0.2) is 0 Å². The molecule has 3 rings (SSSR count). The molecule has 2 N–H and O–H groups in total. The fraction of sp³-hybridized carbons (Fsp3) is 0.600. The second-order valence-electron chi connectivity index (χ2n) is 8.94. The molecule has 2 amide bonds. The normalized spacial score (nSPS) is 16.0. The second kappa shape index (κ2) is 11.9. The lowest BCUT2D eigenvalue weighted by Crippen LogP contribution is -2.45. The van der Waals surface area contributed by atoms with E-state index in [1.54, 1.807) is 21.3 Å². The number of amides is 2. The van der Waals surface area contributed by atoms with Gasteiger partial charge in [-0.05, 0) is 37.5 Å². The van der Waals surface area contributed by atoms with Crippen molar-refractivity contribution < 1.29 is 28.3 Å². The maximum absolute atomic E-state index is 12.6. The smallest absolute Gasteiger partial charge is 0.227 e. The van der Waals surface area contributed by atoms with E-state index in [1.807, 2.05) is 19.1 Å². The molecule has 1 saturated carbocycles. The number of hydrogen-bond donors (Lipinski definition) is 2. The fourth-order valence-corrected chi connectivity index (χ4v) is 4.59. The molecule has 1 fully saturated rings. The number of methoxy groups -OCH3 is 3. The lowest BCUT2D eigenvalue weighted by atomic mass is 9.89. The SMILES string of the molecule is COc1cc(C(C)NC(=O)CCc2nc(C3(NC(C)=O)CCCCCC3)no2)cc(OC)c1OC. The number of benzene rings is 1. The first kappa shape index (κ1) is 26.3. The van der Waals surface area contributed by atoms with Crippen LogP contribution < -0.4 is 24.8 Å². The van der Waals surface area contributed by atoms with Crippen molar-refractivity contribution in [3.63, 3.8) is 0 Å². The molecular formula is C25H36N4O6. The molecule has 192 valence electrons. The highest BCUT2D eigenvalue weighted by molar-refractivity contribution is 5.76. The van der Waals surface area contributed by atoms with Crippen molar-refractivity contribution in [1.82, 2.24) is 20.8 Å². The van der Waals surface area contributed by atoms with Crippen LogP contribution >= 0.6 is 0 Å². The molecular weight excluding hydrogens is 452 g/mol. The van der Waals surface area contributed by atoms with Crippen molar-refractivity contribution in [1.29, 1.82) is 0 Å². The van der Waals surface area contributed by atoms with E-state index in [1.165, 1.54) is 6.92 Å². The lowest BCUT2D eigenvalue weighted by Gasteiger charge is -2.30. The zero-order valence-corrected chi connectivity index (χ0v) is 21.2. The third kappa shape index (κ3) is 6.43. The zero-order chi connectivity index (χ0) is 25.4. The number of carbonyl (C=O) groups excluding carboxylic acids is 2. The van der Waals surface area contributed by atoms with Gasteiger partial charge in [0.25, 0.3) is 0 Å². The summed E-state index contributed by atoms with van der Waals surface area (Å²) in [7, 11) is 4.64. The van der Waals surface area contributed by atoms with Crippen LogP contribution in [0.2, 0.25) is 0 Å². The van der Waals surface area contributed by atoms with Gasteiger partial charge in [-0.15, -0.1) is 0 Å². The fourth-order valence-electron chi connectivity index (χ4n) is 4.59. The molecule has 1 unspecified atom stereocenters. The maximum atomic E-state index is 12.6. The highest BCUT2D eigenvalue weighted by atomic mass is 16.5. The van der Waals surface area contributed by atoms with Crippen LogP contribution in [0.4, 0.5) is 0 Å². The van der Waals surface area contributed by atoms with Crippen molar-refractivity contribution in [3.8, 4) is 17.2 Å². The minimum atomic E-state index is -0.604. The van der Waals surface area contributed by atoms with Gasteiger partial charge in [-0.2, -0.15) is 4.98 Å². The molecule has 0 radical (unpaired) electrons. The van der Waals surface area contributed by atoms with Gasteiger partial charge in [0, 0.05) is 19.8 Å². The van der Waals surface area contributed by atoms with Gasteiger partial charge >= 0.3 is 0 Å². The number of ether oxygens (including phenoxy) is 3. The summed E-state index contributed by atoms with van der Waals surface area (Å²) in [5.41, 5.74) is 0.214. The Morgan fingerprint density at radius 3 is 2.23 bits per heavy atom. The molecule has 0 saturated heterocycles. The number of carbonyl (C=O) groups is 2. The summed E-state index contributed by atoms with van der Waals surface area (Å²) in [6.45, 7) is 3.39. The van der Waals surface area contributed by atoms with Crippen LogP contribution in [-0.2, 0) is 21.5 Å². The number of aryl methyl sites for hydroxylation is 1. The average Bonchev–Trinajstić information content (AvgIpc) is 3.21. The van der Waals surface area contributed by atoms with Gasteiger partial charge in [-0.1, -0.05) is 30.8 Å². The molecule has 1 aliphatic rings. The number of rotatable bonds is 10. The highest BCUT2D eigenvalue weighted by Gasteiger charge is 2.38. The number of hydrogen-bond acceptors (Lipinski definition) is 8. The first-order valence-corrected chi connectivity index (χ1v) is 12.0. The monoisotopic (exact) mass is 488 g/mol. The third-order valence-corrected chi connectivity index (χ3v) is 6.40. The Kier molecular flexibility index (Phi) is 8.95. The van der Waals surface area contributed by atoms with Gasteiger partial charge in [0.05, 0.1) is 27.4 Å². The van der Waals surface area contributed by atoms with Crippen molar-refractivity contribution >= 4 is 11.8 Å². The standard InChI is InChI=1S/C25H36N4O6/c1-16(18-14-19(32-3)23(34-5)20(15-18)33-4)26-21(31)10-11-22-27-24(29-35-22)25(28-17(2)30)12-8-6-7-9-13-25/h14-16H,6-13H2,1-5H3,(H,26,31)(H,28,30).